The Balaban J connectivity index is 1.64. The lowest BCUT2D eigenvalue weighted by molar-refractivity contribution is -0.114. The maximum atomic E-state index is 11.1. The highest BCUT2D eigenvalue weighted by Crippen LogP contribution is 2.31. The molecule has 6 heteroatoms. The molecule has 140 valence electrons. The summed E-state index contributed by atoms with van der Waals surface area (Å²) in [6, 6.07) is 19.4. The first-order valence-corrected chi connectivity index (χ1v) is 8.89. The van der Waals surface area contributed by atoms with E-state index in [2.05, 4.69) is 26.7 Å². The number of nitrogens with zero attached hydrogens (tertiary/aromatic N) is 1. The summed E-state index contributed by atoms with van der Waals surface area (Å²) in [6.45, 7) is 1.49. The number of benzene rings is 2. The van der Waals surface area contributed by atoms with E-state index < -0.39 is 0 Å². The van der Waals surface area contributed by atoms with Crippen LogP contribution in [0.4, 0.5) is 17.2 Å². The molecule has 0 bridgehead atoms. The number of pyridine rings is 1. The van der Waals surface area contributed by atoms with E-state index in [0.717, 1.165) is 45.1 Å². The molecule has 0 spiro atoms. The minimum atomic E-state index is -0.0930. The highest BCUT2D eigenvalue weighted by atomic mass is 16.5. The topological polar surface area (TPSA) is 79.0 Å². The maximum Gasteiger partial charge on any atom is 0.221 e. The predicted molar refractivity (Wildman–Crippen MR) is 112 cm³/mol. The highest BCUT2D eigenvalue weighted by molar-refractivity contribution is 5.95. The van der Waals surface area contributed by atoms with Gasteiger partial charge < -0.3 is 20.4 Å². The van der Waals surface area contributed by atoms with Gasteiger partial charge in [0, 0.05) is 41.1 Å². The number of hydrogen-bond acceptors (Lipinski definition) is 4. The van der Waals surface area contributed by atoms with E-state index in [1.165, 1.54) is 6.92 Å². The predicted octanol–water partition coefficient (Wildman–Crippen LogP) is 4.94. The van der Waals surface area contributed by atoms with Crippen molar-refractivity contribution in [2.24, 2.45) is 0 Å². The van der Waals surface area contributed by atoms with Crippen molar-refractivity contribution in [1.82, 2.24) is 9.97 Å². The highest BCUT2D eigenvalue weighted by Gasteiger charge is 2.09. The lowest BCUT2D eigenvalue weighted by Crippen LogP contribution is -2.05. The molecule has 4 aromatic rings. The SMILES string of the molecule is COc1cccc(-c2cc3c(Nc4ccc(NC(C)=O)cc4)nccc3[nH]2)c1. The van der Waals surface area contributed by atoms with Crippen LogP contribution in [0, 0.1) is 0 Å². The normalized spacial score (nSPS) is 10.6. The minimum Gasteiger partial charge on any atom is -0.497 e. The zero-order chi connectivity index (χ0) is 19.5. The molecule has 0 radical (unpaired) electrons. The van der Waals surface area contributed by atoms with E-state index in [1.54, 1.807) is 13.3 Å². The number of methoxy groups -OCH3 is 1. The average Bonchev–Trinajstić information content (AvgIpc) is 3.15. The first kappa shape index (κ1) is 17.6. The number of fused-ring (bicyclic) bond motifs is 1. The van der Waals surface area contributed by atoms with Crippen molar-refractivity contribution in [3.63, 3.8) is 0 Å². The Hall–Kier alpha value is -3.80. The fourth-order valence-corrected chi connectivity index (χ4v) is 3.08. The molecule has 0 fully saturated rings. The van der Waals surface area contributed by atoms with Gasteiger partial charge in [0.2, 0.25) is 5.91 Å². The van der Waals surface area contributed by atoms with Crippen LogP contribution in [0.2, 0.25) is 0 Å². The van der Waals surface area contributed by atoms with Crippen molar-refractivity contribution in [1.29, 1.82) is 0 Å². The molecule has 0 saturated heterocycles. The number of anilines is 3. The summed E-state index contributed by atoms with van der Waals surface area (Å²) in [5.74, 6) is 1.48. The molecular formula is C22H20N4O2. The number of amides is 1. The van der Waals surface area contributed by atoms with Gasteiger partial charge in [-0.25, -0.2) is 4.98 Å². The minimum absolute atomic E-state index is 0.0930. The van der Waals surface area contributed by atoms with E-state index >= 15 is 0 Å². The molecule has 3 N–H and O–H groups in total. The smallest absolute Gasteiger partial charge is 0.221 e. The molecule has 0 unspecified atom stereocenters. The molecule has 28 heavy (non-hydrogen) atoms. The van der Waals surface area contributed by atoms with Gasteiger partial charge in [-0.3, -0.25) is 4.79 Å². The number of H-pyrrole nitrogens is 1. The van der Waals surface area contributed by atoms with E-state index in [-0.39, 0.29) is 5.91 Å². The molecule has 0 aliphatic carbocycles. The Morgan fingerprint density at radius 2 is 1.82 bits per heavy atom. The summed E-state index contributed by atoms with van der Waals surface area (Å²) in [6.07, 6.45) is 1.77. The van der Waals surface area contributed by atoms with Crippen LogP contribution in [0.1, 0.15) is 6.92 Å². The Morgan fingerprint density at radius 3 is 2.57 bits per heavy atom. The molecule has 2 heterocycles. The lowest BCUT2D eigenvalue weighted by Gasteiger charge is -2.08. The molecule has 2 aromatic carbocycles. The number of ether oxygens (including phenoxy) is 1. The molecule has 2 aromatic heterocycles. The van der Waals surface area contributed by atoms with Crippen LogP contribution >= 0.6 is 0 Å². The van der Waals surface area contributed by atoms with E-state index in [4.69, 9.17) is 4.74 Å². The van der Waals surface area contributed by atoms with Gasteiger partial charge in [-0.1, -0.05) is 12.1 Å². The number of aromatic amines is 1. The van der Waals surface area contributed by atoms with Crippen LogP contribution in [-0.4, -0.2) is 23.0 Å². The number of aromatic nitrogens is 2. The van der Waals surface area contributed by atoms with Crippen molar-refractivity contribution >= 4 is 34.0 Å². The zero-order valence-corrected chi connectivity index (χ0v) is 15.6. The average molecular weight is 372 g/mol. The summed E-state index contributed by atoms with van der Waals surface area (Å²) >= 11 is 0. The van der Waals surface area contributed by atoms with Gasteiger partial charge in [0.05, 0.1) is 12.6 Å². The second-order valence-corrected chi connectivity index (χ2v) is 6.42. The fourth-order valence-electron chi connectivity index (χ4n) is 3.08. The molecule has 1 amide bonds. The van der Waals surface area contributed by atoms with Crippen LogP contribution < -0.4 is 15.4 Å². The third-order valence-corrected chi connectivity index (χ3v) is 4.40. The zero-order valence-electron chi connectivity index (χ0n) is 15.6. The third-order valence-electron chi connectivity index (χ3n) is 4.40. The van der Waals surface area contributed by atoms with Gasteiger partial charge in [-0.2, -0.15) is 0 Å². The van der Waals surface area contributed by atoms with E-state index in [1.807, 2.05) is 54.6 Å². The van der Waals surface area contributed by atoms with Gasteiger partial charge in [-0.05, 0) is 48.5 Å². The standard InChI is InChI=1S/C22H20N4O2/c1-14(27)24-16-6-8-17(9-7-16)25-22-19-13-21(26-20(19)10-11-23-22)15-4-3-5-18(12-15)28-2/h3-13,26H,1-2H3,(H,23,25)(H,24,27). The van der Waals surface area contributed by atoms with Crippen LogP contribution in [0.3, 0.4) is 0 Å². The second-order valence-electron chi connectivity index (χ2n) is 6.42. The van der Waals surface area contributed by atoms with Gasteiger partial charge >= 0.3 is 0 Å². The van der Waals surface area contributed by atoms with Gasteiger partial charge in [0.25, 0.3) is 0 Å². The van der Waals surface area contributed by atoms with Crippen molar-refractivity contribution in [2.75, 3.05) is 17.7 Å². The van der Waals surface area contributed by atoms with Crippen molar-refractivity contribution < 1.29 is 9.53 Å². The number of carbonyl (C=O) groups excluding carboxylic acids is 1. The molecule has 0 saturated carbocycles. The fraction of sp³-hybridized carbons (Fsp3) is 0.0909. The summed E-state index contributed by atoms with van der Waals surface area (Å²) in [4.78, 5) is 19.1. The van der Waals surface area contributed by atoms with Gasteiger partial charge in [-0.15, -0.1) is 0 Å². The van der Waals surface area contributed by atoms with Crippen LogP contribution in [0.5, 0.6) is 5.75 Å². The summed E-state index contributed by atoms with van der Waals surface area (Å²) < 4.78 is 5.32. The number of rotatable bonds is 5. The number of carbonyl (C=O) groups is 1. The molecule has 0 aliphatic rings. The summed E-state index contributed by atoms with van der Waals surface area (Å²) in [7, 11) is 1.66. The summed E-state index contributed by atoms with van der Waals surface area (Å²) in [5, 5.41) is 7.10. The van der Waals surface area contributed by atoms with Crippen LogP contribution in [-0.2, 0) is 4.79 Å². The number of nitrogens with one attached hydrogen (secondary N) is 3. The Morgan fingerprint density at radius 1 is 1.04 bits per heavy atom. The van der Waals surface area contributed by atoms with Crippen molar-refractivity contribution in [3.8, 4) is 17.0 Å². The van der Waals surface area contributed by atoms with Crippen LogP contribution in [0.15, 0.2) is 66.9 Å². The van der Waals surface area contributed by atoms with E-state index in [9.17, 15) is 4.79 Å². The molecule has 6 nitrogen and oxygen atoms in total. The number of hydrogen-bond donors (Lipinski definition) is 3. The first-order valence-electron chi connectivity index (χ1n) is 8.89. The van der Waals surface area contributed by atoms with Crippen molar-refractivity contribution in [3.05, 3.63) is 66.9 Å². The molecule has 0 atom stereocenters. The Bertz CT molecular complexity index is 1130. The van der Waals surface area contributed by atoms with Gasteiger partial charge in [0.1, 0.15) is 11.6 Å². The summed E-state index contributed by atoms with van der Waals surface area (Å²) in [5.41, 5.74) is 4.67. The third kappa shape index (κ3) is 3.66. The van der Waals surface area contributed by atoms with E-state index in [0.29, 0.717) is 0 Å². The quantitative estimate of drug-likeness (QED) is 0.464. The Kier molecular flexibility index (Phi) is 4.68. The molecule has 0 aliphatic heterocycles. The van der Waals surface area contributed by atoms with Gasteiger partial charge in [0.15, 0.2) is 0 Å². The Labute approximate surface area is 162 Å². The van der Waals surface area contributed by atoms with Crippen LogP contribution in [0.25, 0.3) is 22.2 Å². The van der Waals surface area contributed by atoms with Crippen molar-refractivity contribution in [2.45, 2.75) is 6.92 Å². The molecule has 4 rings (SSSR count). The monoisotopic (exact) mass is 372 g/mol. The maximum absolute atomic E-state index is 11.1. The lowest BCUT2D eigenvalue weighted by atomic mass is 10.1. The second kappa shape index (κ2) is 7.44. The molecular weight excluding hydrogens is 352 g/mol. The first-order chi connectivity index (χ1) is 13.6. The largest absolute Gasteiger partial charge is 0.497 e.